The Morgan fingerprint density at radius 2 is 2.33 bits per heavy atom. The summed E-state index contributed by atoms with van der Waals surface area (Å²) in [5.74, 6) is -0.465. The molecule has 1 rings (SSSR count). The van der Waals surface area contributed by atoms with Gasteiger partial charge in [0.15, 0.2) is 12.0 Å². The lowest BCUT2D eigenvalue weighted by Crippen LogP contribution is -2.30. The van der Waals surface area contributed by atoms with Crippen molar-refractivity contribution in [2.45, 2.75) is 6.92 Å². The van der Waals surface area contributed by atoms with Crippen LogP contribution in [0.1, 0.15) is 5.69 Å². The summed E-state index contributed by atoms with van der Waals surface area (Å²) in [5, 5.41) is 10.5. The van der Waals surface area contributed by atoms with Crippen LogP contribution in [-0.4, -0.2) is 0 Å². The molecule has 9 heavy (non-hydrogen) atoms. The highest BCUT2D eigenvalue weighted by molar-refractivity contribution is 4.98. The van der Waals surface area contributed by atoms with E-state index in [0.717, 1.165) is 0 Å². The third-order valence-electron chi connectivity index (χ3n) is 1.14. The Balaban J connectivity index is 3.25. The quantitative estimate of drug-likeness (QED) is 0.373. The third kappa shape index (κ3) is 0.988. The maximum atomic E-state index is 12.4. The van der Waals surface area contributed by atoms with Crippen LogP contribution in [0.15, 0.2) is 18.3 Å². The standard InChI is InChI=1S/C6H6FNO/c1-5-6(7)3-2-4-8(5)9/h2-4H,1H3. The maximum absolute atomic E-state index is 12.4. The Labute approximate surface area is 52.1 Å². The van der Waals surface area contributed by atoms with Crippen molar-refractivity contribution in [3.63, 3.8) is 0 Å². The molecule has 3 heteroatoms. The second-order valence-electron chi connectivity index (χ2n) is 1.77. The van der Waals surface area contributed by atoms with Crippen LogP contribution in [0.25, 0.3) is 0 Å². The van der Waals surface area contributed by atoms with Gasteiger partial charge in [-0.2, -0.15) is 4.73 Å². The van der Waals surface area contributed by atoms with Gasteiger partial charge in [-0.25, -0.2) is 4.39 Å². The Bertz CT molecular complexity index is 204. The SMILES string of the molecule is Cc1c(F)ccc[n+]1[O-]. The van der Waals surface area contributed by atoms with Crippen molar-refractivity contribution >= 4 is 0 Å². The van der Waals surface area contributed by atoms with Crippen molar-refractivity contribution in [3.05, 3.63) is 35.0 Å². The molecule has 0 fully saturated rings. The first kappa shape index (κ1) is 6.01. The van der Waals surface area contributed by atoms with Gasteiger partial charge in [0.05, 0.1) is 0 Å². The fourth-order valence-electron chi connectivity index (χ4n) is 0.543. The lowest BCUT2D eigenvalue weighted by molar-refractivity contribution is -0.614. The van der Waals surface area contributed by atoms with Gasteiger partial charge in [0.25, 0.3) is 0 Å². The van der Waals surface area contributed by atoms with Crippen LogP contribution in [0.4, 0.5) is 4.39 Å². The van der Waals surface area contributed by atoms with Crippen molar-refractivity contribution in [2.24, 2.45) is 0 Å². The lowest BCUT2D eigenvalue weighted by Gasteiger charge is -1.97. The molecule has 0 radical (unpaired) electrons. The minimum absolute atomic E-state index is 0.109. The maximum Gasteiger partial charge on any atom is 0.225 e. The molecule has 1 heterocycles. The van der Waals surface area contributed by atoms with E-state index < -0.39 is 5.82 Å². The van der Waals surface area contributed by atoms with E-state index in [1.807, 2.05) is 0 Å². The van der Waals surface area contributed by atoms with Crippen LogP contribution in [-0.2, 0) is 0 Å². The summed E-state index contributed by atoms with van der Waals surface area (Å²) in [7, 11) is 0. The van der Waals surface area contributed by atoms with Crippen molar-refractivity contribution in [1.29, 1.82) is 0 Å². The van der Waals surface area contributed by atoms with E-state index in [1.54, 1.807) is 0 Å². The Morgan fingerprint density at radius 1 is 1.67 bits per heavy atom. The molecule has 0 atom stereocenters. The molecule has 0 aliphatic carbocycles. The number of halogens is 1. The average molecular weight is 127 g/mol. The van der Waals surface area contributed by atoms with Gasteiger partial charge < -0.3 is 5.21 Å². The van der Waals surface area contributed by atoms with Crippen molar-refractivity contribution in [1.82, 2.24) is 0 Å². The molecule has 0 aliphatic heterocycles. The molecular formula is C6H6FNO. The molecule has 0 spiro atoms. The molecule has 0 amide bonds. The molecule has 1 aromatic heterocycles. The van der Waals surface area contributed by atoms with Gasteiger partial charge in [-0.05, 0) is 6.07 Å². The van der Waals surface area contributed by atoms with Crippen LogP contribution >= 0.6 is 0 Å². The first-order chi connectivity index (χ1) is 4.22. The molecule has 0 aromatic carbocycles. The van der Waals surface area contributed by atoms with Gasteiger partial charge in [-0.15, -0.1) is 0 Å². The van der Waals surface area contributed by atoms with Crippen molar-refractivity contribution in [3.8, 4) is 0 Å². The molecule has 48 valence electrons. The van der Waals surface area contributed by atoms with Gasteiger partial charge in [-0.1, -0.05) is 0 Å². The largest absolute Gasteiger partial charge is 0.618 e. The molecule has 0 unspecified atom stereocenters. The second kappa shape index (κ2) is 2.01. The zero-order valence-corrected chi connectivity index (χ0v) is 4.97. The fourth-order valence-corrected chi connectivity index (χ4v) is 0.543. The van der Waals surface area contributed by atoms with E-state index in [2.05, 4.69) is 0 Å². The molecule has 0 saturated carbocycles. The highest BCUT2D eigenvalue weighted by atomic mass is 19.1. The zero-order valence-electron chi connectivity index (χ0n) is 4.97. The normalized spacial score (nSPS) is 9.56. The molecular weight excluding hydrogens is 121 g/mol. The lowest BCUT2D eigenvalue weighted by atomic mass is 10.4. The number of hydrogen-bond donors (Lipinski definition) is 0. The number of pyridine rings is 1. The van der Waals surface area contributed by atoms with E-state index in [-0.39, 0.29) is 5.69 Å². The van der Waals surface area contributed by atoms with Gasteiger partial charge in [0.2, 0.25) is 5.69 Å². The summed E-state index contributed by atoms with van der Waals surface area (Å²) in [6.07, 6.45) is 1.26. The summed E-state index contributed by atoms with van der Waals surface area (Å²) in [6.45, 7) is 1.43. The van der Waals surface area contributed by atoms with Gasteiger partial charge in [0.1, 0.15) is 0 Å². The minimum atomic E-state index is -0.465. The zero-order chi connectivity index (χ0) is 6.85. The predicted octanol–water partition coefficient (Wildman–Crippen LogP) is 0.768. The highest BCUT2D eigenvalue weighted by Crippen LogP contribution is 1.96. The first-order valence-corrected chi connectivity index (χ1v) is 2.56. The Kier molecular flexibility index (Phi) is 1.34. The van der Waals surface area contributed by atoms with E-state index in [1.165, 1.54) is 25.3 Å². The molecule has 0 aliphatic rings. The third-order valence-corrected chi connectivity index (χ3v) is 1.14. The van der Waals surface area contributed by atoms with E-state index in [9.17, 15) is 9.60 Å². The summed E-state index contributed by atoms with van der Waals surface area (Å²) in [6, 6.07) is 2.62. The smallest absolute Gasteiger partial charge is 0.225 e. The minimum Gasteiger partial charge on any atom is -0.618 e. The summed E-state index contributed by atoms with van der Waals surface area (Å²) >= 11 is 0. The van der Waals surface area contributed by atoms with E-state index in [4.69, 9.17) is 0 Å². The van der Waals surface area contributed by atoms with Crippen molar-refractivity contribution in [2.75, 3.05) is 0 Å². The highest BCUT2D eigenvalue weighted by Gasteiger charge is 2.02. The topological polar surface area (TPSA) is 26.9 Å². The monoisotopic (exact) mass is 127 g/mol. The van der Waals surface area contributed by atoms with E-state index in [0.29, 0.717) is 4.73 Å². The second-order valence-corrected chi connectivity index (χ2v) is 1.77. The van der Waals surface area contributed by atoms with Gasteiger partial charge in [-0.3, -0.25) is 0 Å². The number of aromatic nitrogens is 1. The first-order valence-electron chi connectivity index (χ1n) is 2.56. The summed E-state index contributed by atoms with van der Waals surface area (Å²) in [5.41, 5.74) is 0.109. The Hall–Kier alpha value is -1.12. The number of rotatable bonds is 0. The van der Waals surface area contributed by atoms with E-state index >= 15 is 0 Å². The number of nitrogens with zero attached hydrogens (tertiary/aromatic N) is 1. The number of hydrogen-bond acceptors (Lipinski definition) is 1. The summed E-state index contributed by atoms with van der Waals surface area (Å²) in [4.78, 5) is 0. The summed E-state index contributed by atoms with van der Waals surface area (Å²) < 4.78 is 12.9. The molecule has 1 aromatic rings. The van der Waals surface area contributed by atoms with Crippen LogP contribution in [0.3, 0.4) is 0 Å². The van der Waals surface area contributed by atoms with Gasteiger partial charge >= 0.3 is 0 Å². The van der Waals surface area contributed by atoms with Crippen LogP contribution < -0.4 is 4.73 Å². The Morgan fingerprint density at radius 3 is 2.78 bits per heavy atom. The average Bonchev–Trinajstić information content (AvgIpc) is 1.83. The van der Waals surface area contributed by atoms with Crippen molar-refractivity contribution < 1.29 is 9.12 Å². The van der Waals surface area contributed by atoms with Gasteiger partial charge in [0, 0.05) is 13.0 Å². The predicted molar refractivity (Wildman–Crippen MR) is 30.1 cm³/mol. The van der Waals surface area contributed by atoms with Crippen LogP contribution in [0.5, 0.6) is 0 Å². The molecule has 2 nitrogen and oxygen atoms in total. The molecule has 0 saturated heterocycles. The van der Waals surface area contributed by atoms with Crippen LogP contribution in [0.2, 0.25) is 0 Å². The van der Waals surface area contributed by atoms with Crippen LogP contribution in [0, 0.1) is 17.9 Å². The fraction of sp³-hybridized carbons (Fsp3) is 0.167. The molecule has 0 N–H and O–H groups in total. The molecule has 0 bridgehead atoms.